The number of hydrogen-bond donors (Lipinski definition) is 0. The molecule has 2 heterocycles. The molecule has 1 aliphatic rings. The van der Waals surface area contributed by atoms with E-state index in [1.165, 1.54) is 0 Å². The molecule has 0 bridgehead atoms. The molecule has 1 amide bonds. The molecule has 7 heteroatoms. The molecule has 132 valence electrons. The maximum absolute atomic E-state index is 12.5. The minimum atomic E-state index is 0.0291. The number of para-hydroxylation sites is 1. The molecule has 26 heavy (non-hydrogen) atoms. The van der Waals surface area contributed by atoms with Crippen LogP contribution < -0.4 is 4.74 Å². The van der Waals surface area contributed by atoms with Crippen molar-refractivity contribution in [1.29, 1.82) is 0 Å². The molecule has 0 atom stereocenters. The average Bonchev–Trinajstić information content (AvgIpc) is 3.08. The van der Waals surface area contributed by atoms with Gasteiger partial charge in [0.1, 0.15) is 18.1 Å². The van der Waals surface area contributed by atoms with E-state index in [0.29, 0.717) is 25.3 Å². The molecule has 0 spiro atoms. The molecule has 2 aromatic carbocycles. The van der Waals surface area contributed by atoms with E-state index in [9.17, 15) is 4.79 Å². The topological polar surface area (TPSA) is 60.2 Å². The molecule has 0 unspecified atom stereocenters. The van der Waals surface area contributed by atoms with Gasteiger partial charge < -0.3 is 9.64 Å². The number of aromatic nitrogens is 3. The second-order valence-electron chi connectivity index (χ2n) is 6.14. The van der Waals surface area contributed by atoms with E-state index in [1.807, 2.05) is 70.4 Å². The molecule has 4 rings (SSSR count). The Kier molecular flexibility index (Phi) is 4.71. The number of hydrogen-bond acceptors (Lipinski definition) is 4. The summed E-state index contributed by atoms with van der Waals surface area (Å²) in [5.74, 6) is 0.831. The van der Waals surface area contributed by atoms with Gasteiger partial charge >= 0.3 is 0 Å². The third kappa shape index (κ3) is 3.48. The highest BCUT2D eigenvalue weighted by Gasteiger charge is 2.33. The zero-order valence-corrected chi connectivity index (χ0v) is 15.5. The number of benzene rings is 2. The molecular formula is C19H17BrN4O2. The fourth-order valence-electron chi connectivity index (χ4n) is 2.83. The van der Waals surface area contributed by atoms with E-state index in [-0.39, 0.29) is 11.9 Å². The fourth-order valence-corrected chi connectivity index (χ4v) is 3.28. The fraction of sp³-hybridized carbons (Fsp3) is 0.211. The predicted octanol–water partition coefficient (Wildman–Crippen LogP) is 3.32. The smallest absolute Gasteiger partial charge is 0.255 e. The Morgan fingerprint density at radius 2 is 1.85 bits per heavy atom. The van der Waals surface area contributed by atoms with Crippen LogP contribution in [0.5, 0.6) is 5.75 Å². The molecule has 1 aromatic heterocycles. The summed E-state index contributed by atoms with van der Waals surface area (Å²) in [4.78, 5) is 14.3. The zero-order chi connectivity index (χ0) is 17.9. The van der Waals surface area contributed by atoms with Crippen molar-refractivity contribution in [3.05, 3.63) is 76.5 Å². The van der Waals surface area contributed by atoms with Gasteiger partial charge in [-0.05, 0) is 40.2 Å². The summed E-state index contributed by atoms with van der Waals surface area (Å²) in [6.45, 7) is 1.63. The first-order valence-corrected chi connectivity index (χ1v) is 9.12. The summed E-state index contributed by atoms with van der Waals surface area (Å²) in [7, 11) is 0. The second kappa shape index (κ2) is 7.29. The first-order valence-electron chi connectivity index (χ1n) is 8.33. The lowest BCUT2D eigenvalue weighted by molar-refractivity contribution is 0.0497. The summed E-state index contributed by atoms with van der Waals surface area (Å²) in [5, 5.41) is 8.33. The average molecular weight is 413 g/mol. The van der Waals surface area contributed by atoms with Crippen molar-refractivity contribution in [1.82, 2.24) is 19.9 Å². The Morgan fingerprint density at radius 1 is 1.12 bits per heavy atom. The minimum Gasteiger partial charge on any atom is -0.487 e. The van der Waals surface area contributed by atoms with Crippen LogP contribution in [0, 0.1) is 0 Å². The molecule has 6 nitrogen and oxygen atoms in total. The number of halogens is 1. The van der Waals surface area contributed by atoms with Crippen molar-refractivity contribution in [3.8, 4) is 5.75 Å². The van der Waals surface area contributed by atoms with Crippen molar-refractivity contribution in [3.63, 3.8) is 0 Å². The van der Waals surface area contributed by atoms with E-state index in [2.05, 4.69) is 26.2 Å². The van der Waals surface area contributed by atoms with E-state index in [4.69, 9.17) is 4.74 Å². The van der Waals surface area contributed by atoms with Crippen LogP contribution in [-0.2, 0) is 6.61 Å². The summed E-state index contributed by atoms with van der Waals surface area (Å²) >= 11 is 3.43. The summed E-state index contributed by atoms with van der Waals surface area (Å²) < 4.78 is 8.31. The number of nitrogens with zero attached hydrogens (tertiary/aromatic N) is 4. The van der Waals surface area contributed by atoms with Crippen LogP contribution in [0.2, 0.25) is 0 Å². The number of amides is 1. The number of likely N-dealkylation sites (tertiary alicyclic amines) is 1. The summed E-state index contributed by atoms with van der Waals surface area (Å²) in [6.07, 6.45) is 1.88. The number of ether oxygens (including phenoxy) is 1. The normalized spacial score (nSPS) is 14.1. The lowest BCUT2D eigenvalue weighted by Gasteiger charge is -2.39. The Morgan fingerprint density at radius 3 is 2.62 bits per heavy atom. The maximum atomic E-state index is 12.5. The maximum Gasteiger partial charge on any atom is 0.255 e. The molecule has 3 aromatic rings. The van der Waals surface area contributed by atoms with Crippen molar-refractivity contribution < 1.29 is 9.53 Å². The van der Waals surface area contributed by atoms with Crippen LogP contribution in [0.25, 0.3) is 0 Å². The van der Waals surface area contributed by atoms with Crippen LogP contribution in [-0.4, -0.2) is 38.9 Å². The lowest BCUT2D eigenvalue weighted by Crippen LogP contribution is -2.51. The van der Waals surface area contributed by atoms with Gasteiger partial charge in [-0.3, -0.25) is 4.79 Å². The van der Waals surface area contributed by atoms with Crippen LogP contribution in [0.1, 0.15) is 22.1 Å². The van der Waals surface area contributed by atoms with Crippen LogP contribution in [0.4, 0.5) is 0 Å². The third-order valence-electron chi connectivity index (χ3n) is 4.32. The quantitative estimate of drug-likeness (QED) is 0.644. The monoisotopic (exact) mass is 412 g/mol. The van der Waals surface area contributed by atoms with Crippen molar-refractivity contribution in [2.24, 2.45) is 0 Å². The van der Waals surface area contributed by atoms with Crippen molar-refractivity contribution >= 4 is 21.8 Å². The summed E-state index contributed by atoms with van der Waals surface area (Å²) in [5.41, 5.74) is 1.45. The van der Waals surface area contributed by atoms with Gasteiger partial charge in [0.25, 0.3) is 5.91 Å². The van der Waals surface area contributed by atoms with Gasteiger partial charge in [-0.25, -0.2) is 4.68 Å². The van der Waals surface area contributed by atoms with Gasteiger partial charge in [-0.15, -0.1) is 5.10 Å². The molecule has 1 saturated heterocycles. The van der Waals surface area contributed by atoms with Crippen molar-refractivity contribution in [2.45, 2.75) is 12.6 Å². The van der Waals surface area contributed by atoms with Gasteiger partial charge in [0.2, 0.25) is 0 Å². The Balaban J connectivity index is 1.33. The Bertz CT molecular complexity index is 907. The number of rotatable bonds is 5. The number of carbonyl (C=O) groups excluding carboxylic acids is 1. The van der Waals surface area contributed by atoms with Gasteiger partial charge in [-0.2, -0.15) is 0 Å². The number of carbonyl (C=O) groups is 1. The van der Waals surface area contributed by atoms with Gasteiger partial charge in [0, 0.05) is 17.6 Å². The van der Waals surface area contributed by atoms with Crippen LogP contribution in [0.3, 0.4) is 0 Å². The molecule has 0 aliphatic carbocycles. The van der Waals surface area contributed by atoms with E-state index < -0.39 is 0 Å². The van der Waals surface area contributed by atoms with Crippen LogP contribution >= 0.6 is 15.9 Å². The van der Waals surface area contributed by atoms with Gasteiger partial charge in [0.15, 0.2) is 0 Å². The second-order valence-corrected chi connectivity index (χ2v) is 6.99. The lowest BCUT2D eigenvalue weighted by atomic mass is 10.1. The highest BCUT2D eigenvalue weighted by atomic mass is 79.9. The van der Waals surface area contributed by atoms with Gasteiger partial charge in [0.05, 0.1) is 17.8 Å². The third-order valence-corrected chi connectivity index (χ3v) is 5.01. The van der Waals surface area contributed by atoms with Gasteiger partial charge in [-0.1, -0.05) is 35.5 Å². The Labute approximate surface area is 159 Å². The predicted molar refractivity (Wildman–Crippen MR) is 99.9 cm³/mol. The SMILES string of the molecule is O=C(c1ccccc1Br)N1CC(n2cc(COc3ccccc3)nn2)C1. The molecule has 0 saturated carbocycles. The zero-order valence-electron chi connectivity index (χ0n) is 14.0. The first-order chi connectivity index (χ1) is 12.7. The largest absolute Gasteiger partial charge is 0.487 e. The van der Waals surface area contributed by atoms with Crippen LogP contribution in [0.15, 0.2) is 65.3 Å². The summed E-state index contributed by atoms with van der Waals surface area (Å²) in [6, 6.07) is 17.2. The standard InChI is InChI=1S/C19H17BrN4O2/c20-18-9-5-4-8-17(18)19(25)23-11-15(12-23)24-10-14(21-22-24)13-26-16-6-2-1-3-7-16/h1-10,15H,11-13H2. The molecular weight excluding hydrogens is 396 g/mol. The van der Waals surface area contributed by atoms with E-state index >= 15 is 0 Å². The Hall–Kier alpha value is -2.67. The highest BCUT2D eigenvalue weighted by molar-refractivity contribution is 9.10. The first kappa shape index (κ1) is 16.8. The highest BCUT2D eigenvalue weighted by Crippen LogP contribution is 2.25. The van der Waals surface area contributed by atoms with E-state index in [0.717, 1.165) is 15.9 Å². The molecule has 1 aliphatic heterocycles. The minimum absolute atomic E-state index is 0.0291. The van der Waals surface area contributed by atoms with E-state index in [1.54, 1.807) is 0 Å². The molecule has 0 N–H and O–H groups in total. The molecule has 0 radical (unpaired) electrons. The van der Waals surface area contributed by atoms with Crippen molar-refractivity contribution in [2.75, 3.05) is 13.1 Å². The molecule has 1 fully saturated rings.